The summed E-state index contributed by atoms with van der Waals surface area (Å²) in [5, 5.41) is 2.03. The lowest BCUT2D eigenvalue weighted by molar-refractivity contribution is 0.00290. The van der Waals surface area contributed by atoms with Crippen molar-refractivity contribution in [1.29, 1.82) is 0 Å². The van der Waals surface area contributed by atoms with Crippen molar-refractivity contribution >= 4 is 28.0 Å². The highest BCUT2D eigenvalue weighted by atomic mass is 32.2. The Balaban J connectivity index is -0.000000348. The van der Waals surface area contributed by atoms with Crippen molar-refractivity contribution in [1.82, 2.24) is 0 Å². The number of hydrogen-bond donors (Lipinski definition) is 1. The zero-order valence-corrected chi connectivity index (χ0v) is 32.8. The standard InChI is InChI=1S/C23H25NO.C4H9FO3S.C4H6.2C3H8.C2H6.CH5N/c1-6-17(7-2)23-19-12-10-16(5)14-21(19)25-22-15-18(11-13-20(22)23)24(8-3)9-4;1-2-3-4-9(6,7)8-5;1-3-4-2;2*1-3-2;2*1-2/h6-7,10-15H,1,5,8-9H2,2-4H3;2-4H2,1H3;3-4H,1-2H2;2*3H2,1-2H3;1-2H3;2H2,1H3/b17-7+;;;;;;. The molecule has 0 aromatic heterocycles. The molecule has 1 aliphatic heterocycles. The van der Waals surface area contributed by atoms with E-state index in [0.29, 0.717) is 12.8 Å². The Morgan fingerprint density at radius 3 is 1.81 bits per heavy atom. The Hall–Kier alpha value is -3.46. The number of halogens is 1. The van der Waals surface area contributed by atoms with Crippen molar-refractivity contribution < 1.29 is 22.1 Å². The minimum absolute atomic E-state index is 0.236. The molecule has 0 saturated carbocycles. The molecular weight excluding hydrogens is 624 g/mol. The van der Waals surface area contributed by atoms with Gasteiger partial charge >= 0.3 is 0 Å². The maximum absolute atomic E-state index is 11.0. The predicted octanol–water partition coefficient (Wildman–Crippen LogP) is 10.2. The smallest absolute Gasteiger partial charge is 0.297 e. The van der Waals surface area contributed by atoms with E-state index in [1.54, 1.807) is 12.2 Å². The Kier molecular flexibility index (Phi) is 35.8. The van der Waals surface area contributed by atoms with Crippen LogP contribution in [0.4, 0.5) is 10.2 Å². The molecule has 0 bridgehead atoms. The molecule has 48 heavy (non-hydrogen) atoms. The quantitative estimate of drug-likeness (QED) is 0.250. The Bertz CT molecular complexity index is 1370. The molecule has 6 nitrogen and oxygen atoms in total. The largest absolute Gasteiger partial charge is 0.456 e. The number of rotatable bonds is 10. The van der Waals surface area contributed by atoms with Crippen LogP contribution in [0.15, 0.2) is 86.0 Å². The fourth-order valence-electron chi connectivity index (χ4n) is 3.74. The molecule has 1 heterocycles. The number of anilines is 1. The Morgan fingerprint density at radius 1 is 0.896 bits per heavy atom. The minimum atomic E-state index is -3.85. The fourth-order valence-corrected chi connectivity index (χ4v) is 4.44. The number of ether oxygens (including phenoxy) is 1. The van der Waals surface area contributed by atoms with Crippen LogP contribution < -0.4 is 25.8 Å². The second-order valence-corrected chi connectivity index (χ2v) is 11.3. The van der Waals surface area contributed by atoms with E-state index in [4.69, 9.17) is 4.74 Å². The van der Waals surface area contributed by atoms with Crippen LogP contribution in [0.2, 0.25) is 0 Å². The van der Waals surface area contributed by atoms with Crippen LogP contribution in [-0.4, -0.2) is 34.3 Å². The number of allylic oxidation sites excluding steroid dienone is 5. The highest BCUT2D eigenvalue weighted by Crippen LogP contribution is 2.38. The summed E-state index contributed by atoms with van der Waals surface area (Å²) in [4.78, 5) is 2.32. The molecule has 0 fully saturated rings. The van der Waals surface area contributed by atoms with E-state index >= 15 is 0 Å². The second-order valence-electron chi connectivity index (χ2n) is 9.67. The molecule has 0 saturated heterocycles. The molecule has 8 heteroatoms. The van der Waals surface area contributed by atoms with Gasteiger partial charge < -0.3 is 15.4 Å². The van der Waals surface area contributed by atoms with Crippen molar-refractivity contribution in [3.8, 4) is 11.5 Å². The predicted molar refractivity (Wildman–Crippen MR) is 212 cm³/mol. The molecule has 0 spiro atoms. The lowest BCUT2D eigenvalue weighted by Crippen LogP contribution is -2.23. The van der Waals surface area contributed by atoms with E-state index in [9.17, 15) is 12.9 Å². The summed E-state index contributed by atoms with van der Waals surface area (Å²) >= 11 is 0. The van der Waals surface area contributed by atoms with Crippen LogP contribution in [0, 0.1) is 0 Å². The van der Waals surface area contributed by atoms with Crippen LogP contribution in [0.1, 0.15) is 100 Å². The summed E-state index contributed by atoms with van der Waals surface area (Å²) in [6.07, 6.45) is 10.9. The van der Waals surface area contributed by atoms with Crippen molar-refractivity contribution in [2.24, 2.45) is 5.73 Å². The van der Waals surface area contributed by atoms with E-state index < -0.39 is 10.1 Å². The molecular formula is C40H67FN2O4S. The number of nitrogens with zero attached hydrogens (tertiary/aromatic N) is 1. The molecule has 0 amide bonds. The molecule has 2 aromatic carbocycles. The van der Waals surface area contributed by atoms with Gasteiger partial charge in [-0.2, -0.15) is 8.42 Å². The fraction of sp³-hybridized carbons (Fsp3) is 0.450. The van der Waals surface area contributed by atoms with Crippen molar-refractivity contribution in [2.75, 3.05) is 30.8 Å². The number of benzene rings is 2. The number of nitrogens with two attached hydrogens (primary N) is 1. The van der Waals surface area contributed by atoms with Crippen LogP contribution in [0.25, 0.3) is 12.2 Å². The maximum Gasteiger partial charge on any atom is 0.297 e. The summed E-state index contributed by atoms with van der Waals surface area (Å²) in [6, 6.07) is 12.6. The summed E-state index contributed by atoms with van der Waals surface area (Å²) in [7, 11) is -2.35. The summed E-state index contributed by atoms with van der Waals surface area (Å²) in [6.45, 7) is 37.4. The highest BCUT2D eigenvalue weighted by Gasteiger charge is 2.21. The minimum Gasteiger partial charge on any atom is -0.456 e. The third-order valence-corrected chi connectivity index (χ3v) is 6.71. The summed E-state index contributed by atoms with van der Waals surface area (Å²) in [5.74, 6) is 1.51. The zero-order valence-electron chi connectivity index (χ0n) is 32.0. The van der Waals surface area contributed by atoms with Gasteiger partial charge in [-0.3, -0.25) is 0 Å². The summed E-state index contributed by atoms with van der Waals surface area (Å²) in [5.41, 5.74) is 9.06. The van der Waals surface area contributed by atoms with E-state index in [1.165, 1.54) is 31.1 Å². The van der Waals surface area contributed by atoms with Crippen LogP contribution >= 0.6 is 0 Å². The van der Waals surface area contributed by atoms with E-state index in [0.717, 1.165) is 46.2 Å². The third-order valence-electron chi connectivity index (χ3n) is 5.73. The average molecular weight is 691 g/mol. The van der Waals surface area contributed by atoms with Crippen LogP contribution in [0.5, 0.6) is 11.5 Å². The number of unbranched alkanes of at least 4 members (excludes halogenated alkanes) is 1. The first-order valence-corrected chi connectivity index (χ1v) is 18.6. The molecule has 0 aliphatic carbocycles. The van der Waals surface area contributed by atoms with Gasteiger partial charge in [0.05, 0.1) is 5.75 Å². The maximum atomic E-state index is 11.0. The van der Waals surface area contributed by atoms with Gasteiger partial charge in [-0.1, -0.05) is 135 Å². The van der Waals surface area contributed by atoms with E-state index in [2.05, 4.69) is 113 Å². The van der Waals surface area contributed by atoms with Gasteiger partial charge in [-0.05, 0) is 67.8 Å². The van der Waals surface area contributed by atoms with E-state index in [-0.39, 0.29) is 5.75 Å². The first-order valence-electron chi connectivity index (χ1n) is 17.0. The first-order chi connectivity index (χ1) is 23.0. The lowest BCUT2D eigenvalue weighted by atomic mass is 9.92. The van der Waals surface area contributed by atoms with Gasteiger partial charge in [0.1, 0.15) is 11.5 Å². The Labute approximate surface area is 294 Å². The van der Waals surface area contributed by atoms with Gasteiger partial charge in [0, 0.05) is 41.2 Å². The van der Waals surface area contributed by atoms with Gasteiger partial charge in [0.15, 0.2) is 0 Å². The van der Waals surface area contributed by atoms with Crippen molar-refractivity contribution in [2.45, 2.75) is 94.9 Å². The van der Waals surface area contributed by atoms with E-state index in [1.807, 2.05) is 45.9 Å². The molecule has 2 aromatic rings. The lowest BCUT2D eigenvalue weighted by Gasteiger charge is -2.26. The van der Waals surface area contributed by atoms with Gasteiger partial charge in [-0.25, -0.2) is 0 Å². The number of hydrogen-bond acceptors (Lipinski definition) is 6. The topological polar surface area (TPSA) is 81.9 Å². The van der Waals surface area contributed by atoms with Crippen molar-refractivity contribution in [3.05, 3.63) is 102 Å². The molecule has 1 aliphatic rings. The van der Waals surface area contributed by atoms with Crippen LogP contribution in [-0.2, 0) is 14.5 Å². The molecule has 0 atom stereocenters. The first kappa shape index (κ1) is 51.4. The van der Waals surface area contributed by atoms with Crippen LogP contribution in [0.3, 0.4) is 0 Å². The Morgan fingerprint density at radius 2 is 1.42 bits per heavy atom. The third kappa shape index (κ3) is 20.7. The highest BCUT2D eigenvalue weighted by molar-refractivity contribution is 7.86. The van der Waals surface area contributed by atoms with Gasteiger partial charge in [0.25, 0.3) is 10.1 Å². The summed E-state index contributed by atoms with van der Waals surface area (Å²) < 4.78 is 40.3. The molecule has 0 radical (unpaired) electrons. The molecule has 0 unspecified atom stereocenters. The molecule has 274 valence electrons. The normalized spacial score (nSPS) is 10.4. The SMILES string of the molecule is C=C/C(=C\C)C1=c2ccc(=C)cc2Oc2cc(N(CC)CC)ccc21.C=CC=C.CC.CCC.CCC.CCCCS(=O)(=O)OF.CN. The van der Waals surface area contributed by atoms with Gasteiger partial charge in [-0.15, -0.1) is 0 Å². The molecule has 3 rings (SSSR count). The van der Waals surface area contributed by atoms with Gasteiger partial charge in [0.2, 0.25) is 0 Å². The molecule has 2 N–H and O–H groups in total. The second kappa shape index (κ2) is 33.4. The number of fused-ring (bicyclic) bond motifs is 2. The monoisotopic (exact) mass is 690 g/mol. The zero-order chi connectivity index (χ0) is 38.1. The van der Waals surface area contributed by atoms with Crippen molar-refractivity contribution in [3.63, 3.8) is 0 Å². The average Bonchev–Trinajstić information content (AvgIpc) is 3.10.